The fourth-order valence-corrected chi connectivity index (χ4v) is 4.44. The minimum atomic E-state index is -0.268. The van der Waals surface area contributed by atoms with Gasteiger partial charge in [-0.15, -0.1) is 0 Å². The molecule has 0 aliphatic carbocycles. The summed E-state index contributed by atoms with van der Waals surface area (Å²) in [7, 11) is 5.17. The summed E-state index contributed by atoms with van der Waals surface area (Å²) in [6, 6.07) is 5.51. The monoisotopic (exact) mass is 374 g/mol. The zero-order chi connectivity index (χ0) is 19.2. The van der Waals surface area contributed by atoms with E-state index in [9.17, 15) is 9.59 Å². The third kappa shape index (κ3) is 3.07. The minimum Gasteiger partial charge on any atom is -0.377 e. The summed E-state index contributed by atoms with van der Waals surface area (Å²) in [6.07, 6.45) is 2.01. The van der Waals surface area contributed by atoms with Gasteiger partial charge in [0.25, 0.3) is 0 Å². The third-order valence-corrected chi connectivity index (χ3v) is 5.84. The molecule has 1 aromatic carbocycles. The number of nitrogens with zero attached hydrogens (tertiary/aromatic N) is 3. The first-order chi connectivity index (χ1) is 12.9. The molecule has 0 radical (unpaired) electrons. The maximum absolute atomic E-state index is 12.6. The van der Waals surface area contributed by atoms with Gasteiger partial charge in [0.05, 0.1) is 23.7 Å². The van der Waals surface area contributed by atoms with Crippen LogP contribution in [0.5, 0.6) is 0 Å². The summed E-state index contributed by atoms with van der Waals surface area (Å²) < 4.78 is 14.8. The first kappa shape index (κ1) is 18.2. The Kier molecular flexibility index (Phi) is 4.57. The van der Waals surface area contributed by atoms with Crippen LogP contribution in [0, 0.1) is 0 Å². The van der Waals surface area contributed by atoms with E-state index in [4.69, 9.17) is 9.47 Å². The number of hydrogen-bond acceptors (Lipinski definition) is 5. The van der Waals surface area contributed by atoms with Crippen LogP contribution in [0.1, 0.15) is 12.8 Å². The third-order valence-electron chi connectivity index (χ3n) is 5.84. The van der Waals surface area contributed by atoms with Crippen LogP contribution < -0.4 is 11.0 Å². The Labute approximate surface area is 157 Å². The number of nitrogens with one attached hydrogen (secondary N) is 1. The zero-order valence-electron chi connectivity index (χ0n) is 16.0. The van der Waals surface area contributed by atoms with Gasteiger partial charge in [0.1, 0.15) is 5.60 Å². The lowest BCUT2D eigenvalue weighted by molar-refractivity contribution is -0.117. The van der Waals surface area contributed by atoms with Crippen LogP contribution in [0.25, 0.3) is 11.0 Å². The molecule has 2 aromatic rings. The summed E-state index contributed by atoms with van der Waals surface area (Å²) in [5.41, 5.74) is 1.96. The van der Waals surface area contributed by atoms with Gasteiger partial charge < -0.3 is 14.8 Å². The van der Waals surface area contributed by atoms with Crippen LogP contribution in [-0.2, 0) is 28.4 Å². The van der Waals surface area contributed by atoms with Crippen LogP contribution in [0.2, 0.25) is 0 Å². The van der Waals surface area contributed by atoms with Crippen LogP contribution in [0.15, 0.2) is 23.0 Å². The molecule has 1 amide bonds. The molecule has 8 heteroatoms. The van der Waals surface area contributed by atoms with E-state index in [1.807, 2.05) is 18.2 Å². The van der Waals surface area contributed by atoms with Crippen molar-refractivity contribution in [1.82, 2.24) is 14.0 Å². The molecule has 2 atom stereocenters. The van der Waals surface area contributed by atoms with Gasteiger partial charge >= 0.3 is 5.69 Å². The van der Waals surface area contributed by atoms with Gasteiger partial charge in [-0.05, 0) is 31.0 Å². The maximum Gasteiger partial charge on any atom is 0.328 e. The van der Waals surface area contributed by atoms with Gasteiger partial charge in [-0.3, -0.25) is 18.8 Å². The zero-order valence-corrected chi connectivity index (χ0v) is 16.0. The Morgan fingerprint density at radius 2 is 2.11 bits per heavy atom. The average Bonchev–Trinajstić information content (AvgIpc) is 3.31. The van der Waals surface area contributed by atoms with Crippen molar-refractivity contribution in [2.75, 3.05) is 38.7 Å². The van der Waals surface area contributed by atoms with E-state index in [1.165, 1.54) is 0 Å². The summed E-state index contributed by atoms with van der Waals surface area (Å²) in [5.74, 6) is -0.0832. The molecule has 3 heterocycles. The van der Waals surface area contributed by atoms with E-state index in [0.717, 1.165) is 30.5 Å². The number of amides is 1. The second-order valence-electron chi connectivity index (χ2n) is 7.56. The Morgan fingerprint density at radius 3 is 2.81 bits per heavy atom. The fraction of sp³-hybridized carbons (Fsp3) is 0.579. The van der Waals surface area contributed by atoms with Crippen molar-refractivity contribution >= 4 is 22.6 Å². The lowest BCUT2D eigenvalue weighted by Crippen LogP contribution is -2.42. The minimum absolute atomic E-state index is 0.00277. The molecule has 2 saturated heterocycles. The molecular formula is C19H26N4O4. The number of imidazole rings is 1. The normalized spacial score (nSPS) is 25.7. The lowest BCUT2D eigenvalue weighted by Gasteiger charge is -2.28. The van der Waals surface area contributed by atoms with Crippen LogP contribution >= 0.6 is 0 Å². The number of likely N-dealkylation sites (tertiary alicyclic amines) is 1. The van der Waals surface area contributed by atoms with E-state index < -0.39 is 0 Å². The van der Waals surface area contributed by atoms with Crippen molar-refractivity contribution in [2.45, 2.75) is 24.5 Å². The molecule has 8 nitrogen and oxygen atoms in total. The highest BCUT2D eigenvalue weighted by molar-refractivity contribution is 5.94. The number of aryl methyl sites for hydroxylation is 2. The van der Waals surface area contributed by atoms with Crippen molar-refractivity contribution < 1.29 is 14.3 Å². The predicted molar refractivity (Wildman–Crippen MR) is 102 cm³/mol. The van der Waals surface area contributed by atoms with Gasteiger partial charge in [0.15, 0.2) is 0 Å². The quantitative estimate of drug-likeness (QED) is 0.852. The molecular weight excluding hydrogens is 348 g/mol. The molecule has 27 heavy (non-hydrogen) atoms. The second-order valence-corrected chi connectivity index (χ2v) is 7.56. The van der Waals surface area contributed by atoms with Crippen LogP contribution in [-0.4, -0.2) is 65.0 Å². The van der Waals surface area contributed by atoms with Crippen LogP contribution in [0.4, 0.5) is 5.69 Å². The summed E-state index contributed by atoms with van der Waals surface area (Å²) >= 11 is 0. The number of carbonyl (C=O) groups is 1. The number of aromatic nitrogens is 2. The highest BCUT2D eigenvalue weighted by Gasteiger charge is 2.50. The number of anilines is 1. The highest BCUT2D eigenvalue weighted by Crippen LogP contribution is 2.36. The van der Waals surface area contributed by atoms with Crippen molar-refractivity contribution in [3.8, 4) is 0 Å². The smallest absolute Gasteiger partial charge is 0.328 e. The molecule has 1 N–H and O–H groups in total. The van der Waals surface area contributed by atoms with Crippen molar-refractivity contribution in [3.63, 3.8) is 0 Å². The molecule has 1 spiro atoms. The molecule has 4 rings (SSSR count). The Bertz CT molecular complexity index is 926. The number of ether oxygens (including phenoxy) is 2. The average molecular weight is 374 g/mol. The topological polar surface area (TPSA) is 77.7 Å². The predicted octanol–water partition coefficient (Wildman–Crippen LogP) is 0.695. The molecule has 0 unspecified atom stereocenters. The molecule has 0 saturated carbocycles. The SMILES string of the molecule is CO[C@@H]1CN(CC(=O)Nc2ccc3c(c2)n(C)c(=O)n3C)C[C@]12CCCO2. The summed E-state index contributed by atoms with van der Waals surface area (Å²) in [6.45, 7) is 2.45. The number of fused-ring (bicyclic) bond motifs is 1. The largest absolute Gasteiger partial charge is 0.377 e. The first-order valence-corrected chi connectivity index (χ1v) is 9.28. The van der Waals surface area contributed by atoms with Gasteiger partial charge in [-0.25, -0.2) is 4.79 Å². The molecule has 2 fully saturated rings. The van der Waals surface area contributed by atoms with Gasteiger partial charge in [0.2, 0.25) is 5.91 Å². The fourth-order valence-electron chi connectivity index (χ4n) is 4.44. The van der Waals surface area contributed by atoms with E-state index in [-0.39, 0.29) is 29.8 Å². The molecule has 2 aliphatic rings. The summed E-state index contributed by atoms with van der Waals surface area (Å²) in [5, 5.41) is 2.94. The van der Waals surface area contributed by atoms with E-state index in [2.05, 4.69) is 10.2 Å². The Morgan fingerprint density at radius 1 is 1.33 bits per heavy atom. The number of carbonyl (C=O) groups excluding carboxylic acids is 1. The van der Waals surface area contributed by atoms with Gasteiger partial charge in [-0.2, -0.15) is 0 Å². The number of methoxy groups -OCH3 is 1. The summed E-state index contributed by atoms with van der Waals surface area (Å²) in [4.78, 5) is 26.7. The van der Waals surface area contributed by atoms with Crippen molar-refractivity contribution in [1.29, 1.82) is 0 Å². The maximum atomic E-state index is 12.6. The Hall–Kier alpha value is -2.16. The molecule has 146 valence electrons. The standard InChI is InChI=1S/C19H26N4O4/c1-21-14-6-5-13(9-15(14)22(2)18(21)25)20-17(24)11-23-10-16(26-3)19(12-23)7-4-8-27-19/h5-6,9,16H,4,7-8,10-12H2,1-3H3,(H,20,24)/t16-,19-/m1/s1. The van der Waals surface area contributed by atoms with Gasteiger partial charge in [0, 0.05) is 46.6 Å². The van der Waals surface area contributed by atoms with Crippen molar-refractivity contribution in [2.24, 2.45) is 14.1 Å². The van der Waals surface area contributed by atoms with E-state index in [0.29, 0.717) is 18.8 Å². The lowest BCUT2D eigenvalue weighted by atomic mass is 9.97. The number of benzene rings is 1. The van der Waals surface area contributed by atoms with E-state index in [1.54, 1.807) is 30.3 Å². The number of rotatable bonds is 4. The molecule has 2 aliphatic heterocycles. The van der Waals surface area contributed by atoms with Crippen LogP contribution in [0.3, 0.4) is 0 Å². The first-order valence-electron chi connectivity index (χ1n) is 9.28. The van der Waals surface area contributed by atoms with Crippen molar-refractivity contribution in [3.05, 3.63) is 28.7 Å². The Balaban J connectivity index is 1.45. The van der Waals surface area contributed by atoms with Gasteiger partial charge in [-0.1, -0.05) is 0 Å². The second kappa shape index (κ2) is 6.78. The van der Waals surface area contributed by atoms with E-state index >= 15 is 0 Å². The highest BCUT2D eigenvalue weighted by atomic mass is 16.6. The molecule has 0 bridgehead atoms. The number of hydrogen-bond donors (Lipinski definition) is 1. The molecule has 1 aromatic heterocycles.